The van der Waals surface area contributed by atoms with Crippen molar-refractivity contribution >= 4 is 34.8 Å². The van der Waals surface area contributed by atoms with Crippen LogP contribution >= 0.6 is 12.2 Å². The molecule has 0 aromatic heterocycles. The lowest BCUT2D eigenvalue weighted by atomic mass is 10.1. The molecule has 1 aromatic rings. The SMILES string of the molecule is CCCCc1ccc(N2C(=O)CC(=O)NC2=S)cc1. The maximum atomic E-state index is 11.9. The third-order valence-electron chi connectivity index (χ3n) is 3.02. The van der Waals surface area contributed by atoms with Gasteiger partial charge in [0.1, 0.15) is 6.42 Å². The highest BCUT2D eigenvalue weighted by Crippen LogP contribution is 2.19. The second-order valence-electron chi connectivity index (χ2n) is 4.53. The van der Waals surface area contributed by atoms with Gasteiger partial charge in [-0.1, -0.05) is 25.5 Å². The molecule has 0 radical (unpaired) electrons. The fourth-order valence-electron chi connectivity index (χ4n) is 2.00. The molecule has 2 amide bonds. The molecule has 19 heavy (non-hydrogen) atoms. The van der Waals surface area contributed by atoms with E-state index in [4.69, 9.17) is 12.2 Å². The van der Waals surface area contributed by atoms with Crippen molar-refractivity contribution < 1.29 is 9.59 Å². The minimum atomic E-state index is -0.342. The summed E-state index contributed by atoms with van der Waals surface area (Å²) >= 11 is 5.04. The summed E-state index contributed by atoms with van der Waals surface area (Å²) < 4.78 is 0. The molecule has 0 saturated carbocycles. The van der Waals surface area contributed by atoms with Gasteiger partial charge in [0.25, 0.3) is 0 Å². The van der Waals surface area contributed by atoms with E-state index in [1.54, 1.807) is 0 Å². The topological polar surface area (TPSA) is 49.4 Å². The van der Waals surface area contributed by atoms with Gasteiger partial charge in [-0.25, -0.2) is 0 Å². The van der Waals surface area contributed by atoms with Crippen LogP contribution in [-0.4, -0.2) is 16.9 Å². The zero-order valence-electron chi connectivity index (χ0n) is 10.8. The monoisotopic (exact) mass is 276 g/mol. The number of carbonyl (C=O) groups excluding carboxylic acids is 2. The first-order valence-corrected chi connectivity index (χ1v) is 6.78. The smallest absolute Gasteiger partial charge is 0.242 e. The van der Waals surface area contributed by atoms with Crippen LogP contribution in [-0.2, 0) is 16.0 Å². The Morgan fingerprint density at radius 3 is 2.53 bits per heavy atom. The van der Waals surface area contributed by atoms with E-state index < -0.39 is 0 Å². The summed E-state index contributed by atoms with van der Waals surface area (Å²) in [5.41, 5.74) is 1.94. The molecule has 1 aliphatic heterocycles. The first-order valence-electron chi connectivity index (χ1n) is 6.37. The van der Waals surface area contributed by atoms with Crippen LogP contribution < -0.4 is 10.2 Å². The average Bonchev–Trinajstić information content (AvgIpc) is 2.36. The maximum Gasteiger partial charge on any atom is 0.242 e. The third kappa shape index (κ3) is 3.17. The average molecular weight is 276 g/mol. The van der Waals surface area contributed by atoms with Crippen molar-refractivity contribution in [3.8, 4) is 0 Å². The van der Waals surface area contributed by atoms with Crippen LogP contribution in [0.1, 0.15) is 31.7 Å². The molecule has 1 fully saturated rings. The number of amides is 2. The molecule has 1 aromatic carbocycles. The summed E-state index contributed by atoms with van der Waals surface area (Å²) in [7, 11) is 0. The first-order chi connectivity index (χ1) is 9.11. The van der Waals surface area contributed by atoms with E-state index in [9.17, 15) is 9.59 Å². The summed E-state index contributed by atoms with van der Waals surface area (Å²) in [6.07, 6.45) is 3.18. The van der Waals surface area contributed by atoms with E-state index in [1.807, 2.05) is 24.3 Å². The Kier molecular flexibility index (Phi) is 4.27. The number of unbranched alkanes of at least 4 members (excludes halogenated alkanes) is 1. The first kappa shape index (κ1) is 13.7. The molecule has 1 heterocycles. The highest BCUT2D eigenvalue weighted by atomic mass is 32.1. The Labute approximate surface area is 117 Å². The standard InChI is InChI=1S/C14H16N2O2S/c1-2-3-4-10-5-7-11(8-6-10)16-13(18)9-12(17)15-14(16)19/h5-8H,2-4,9H2,1H3,(H,15,17,19). The molecule has 1 aliphatic rings. The Hall–Kier alpha value is -1.75. The van der Waals surface area contributed by atoms with Gasteiger partial charge in [0.15, 0.2) is 5.11 Å². The molecule has 100 valence electrons. The number of aryl methyl sites for hydroxylation is 1. The largest absolute Gasteiger partial charge is 0.302 e. The summed E-state index contributed by atoms with van der Waals surface area (Å²) in [6, 6.07) is 7.73. The minimum absolute atomic E-state index is 0.155. The summed E-state index contributed by atoms with van der Waals surface area (Å²) in [6.45, 7) is 2.15. The Balaban J connectivity index is 2.15. The van der Waals surface area contributed by atoms with E-state index in [2.05, 4.69) is 12.2 Å². The molecule has 5 heteroatoms. The van der Waals surface area contributed by atoms with E-state index in [0.29, 0.717) is 5.69 Å². The molecule has 0 spiro atoms. The van der Waals surface area contributed by atoms with Gasteiger partial charge in [-0.05, 0) is 42.8 Å². The van der Waals surface area contributed by atoms with Crippen LogP contribution in [0.3, 0.4) is 0 Å². The van der Waals surface area contributed by atoms with Gasteiger partial charge in [0.05, 0.1) is 5.69 Å². The number of thiocarbonyl (C=S) groups is 1. The summed E-state index contributed by atoms with van der Waals surface area (Å²) in [5, 5.41) is 2.66. The molecular formula is C14H16N2O2S. The van der Waals surface area contributed by atoms with Crippen LogP contribution in [0.2, 0.25) is 0 Å². The van der Waals surface area contributed by atoms with Crippen molar-refractivity contribution in [1.82, 2.24) is 5.32 Å². The van der Waals surface area contributed by atoms with Gasteiger partial charge < -0.3 is 5.32 Å². The van der Waals surface area contributed by atoms with E-state index in [0.717, 1.165) is 19.3 Å². The van der Waals surface area contributed by atoms with E-state index in [-0.39, 0.29) is 23.3 Å². The number of hydrogen-bond donors (Lipinski definition) is 1. The molecule has 0 aliphatic carbocycles. The van der Waals surface area contributed by atoms with Crippen LogP contribution in [0.4, 0.5) is 5.69 Å². The van der Waals surface area contributed by atoms with Gasteiger partial charge in [0, 0.05) is 0 Å². The van der Waals surface area contributed by atoms with Gasteiger partial charge in [0.2, 0.25) is 11.8 Å². The number of nitrogens with zero attached hydrogens (tertiary/aromatic N) is 1. The molecular weight excluding hydrogens is 260 g/mol. The van der Waals surface area contributed by atoms with Crippen molar-refractivity contribution in [2.75, 3.05) is 4.90 Å². The predicted molar refractivity (Wildman–Crippen MR) is 77.9 cm³/mol. The highest BCUT2D eigenvalue weighted by Gasteiger charge is 2.28. The van der Waals surface area contributed by atoms with Crippen molar-refractivity contribution in [3.05, 3.63) is 29.8 Å². The fraction of sp³-hybridized carbons (Fsp3) is 0.357. The number of hydrogen-bond acceptors (Lipinski definition) is 3. The van der Waals surface area contributed by atoms with Crippen molar-refractivity contribution in [2.24, 2.45) is 0 Å². The van der Waals surface area contributed by atoms with Crippen LogP contribution in [0.25, 0.3) is 0 Å². The molecule has 1 saturated heterocycles. The lowest BCUT2D eigenvalue weighted by Crippen LogP contribution is -2.52. The van der Waals surface area contributed by atoms with Crippen molar-refractivity contribution in [2.45, 2.75) is 32.6 Å². The van der Waals surface area contributed by atoms with Crippen LogP contribution in [0, 0.1) is 0 Å². The molecule has 0 bridgehead atoms. The molecule has 2 rings (SSSR count). The van der Waals surface area contributed by atoms with E-state index >= 15 is 0 Å². The Morgan fingerprint density at radius 1 is 1.26 bits per heavy atom. The lowest BCUT2D eigenvalue weighted by Gasteiger charge is -2.27. The van der Waals surface area contributed by atoms with Crippen molar-refractivity contribution in [3.63, 3.8) is 0 Å². The predicted octanol–water partition coefficient (Wildman–Crippen LogP) is 2.17. The number of carbonyl (C=O) groups is 2. The molecule has 0 atom stereocenters. The van der Waals surface area contributed by atoms with Gasteiger partial charge >= 0.3 is 0 Å². The quantitative estimate of drug-likeness (QED) is 0.677. The molecule has 4 nitrogen and oxygen atoms in total. The zero-order chi connectivity index (χ0) is 13.8. The Morgan fingerprint density at radius 2 is 1.95 bits per heavy atom. The summed E-state index contributed by atoms with van der Waals surface area (Å²) in [4.78, 5) is 24.4. The normalized spacial score (nSPS) is 15.6. The van der Waals surface area contributed by atoms with Gasteiger partial charge in [-0.15, -0.1) is 0 Å². The van der Waals surface area contributed by atoms with E-state index in [1.165, 1.54) is 10.5 Å². The number of benzene rings is 1. The van der Waals surface area contributed by atoms with Gasteiger partial charge in [-0.2, -0.15) is 0 Å². The van der Waals surface area contributed by atoms with Gasteiger partial charge in [-0.3, -0.25) is 14.5 Å². The second-order valence-corrected chi connectivity index (χ2v) is 4.92. The lowest BCUT2D eigenvalue weighted by molar-refractivity contribution is -0.127. The minimum Gasteiger partial charge on any atom is -0.302 e. The third-order valence-corrected chi connectivity index (χ3v) is 3.31. The summed E-state index contributed by atoms with van der Waals surface area (Å²) in [5.74, 6) is -0.624. The zero-order valence-corrected chi connectivity index (χ0v) is 11.6. The number of rotatable bonds is 4. The maximum absolute atomic E-state index is 11.9. The van der Waals surface area contributed by atoms with Crippen LogP contribution in [0.15, 0.2) is 24.3 Å². The fourth-order valence-corrected chi connectivity index (χ4v) is 2.32. The second kappa shape index (κ2) is 5.93. The molecule has 0 unspecified atom stereocenters. The highest BCUT2D eigenvalue weighted by molar-refractivity contribution is 7.80. The number of nitrogens with one attached hydrogen (secondary N) is 1. The van der Waals surface area contributed by atoms with Crippen molar-refractivity contribution in [1.29, 1.82) is 0 Å². The van der Waals surface area contributed by atoms with Crippen LogP contribution in [0.5, 0.6) is 0 Å². The Bertz CT molecular complexity index is 491. The number of anilines is 1. The molecule has 1 N–H and O–H groups in total.